The third-order valence-electron chi connectivity index (χ3n) is 4.29. The van der Waals surface area contributed by atoms with E-state index in [2.05, 4.69) is 12.2 Å². The Labute approximate surface area is 125 Å². The van der Waals surface area contributed by atoms with Gasteiger partial charge in [0.1, 0.15) is 0 Å². The largest absolute Gasteiger partial charge is 0.393 e. The molecule has 0 heterocycles. The van der Waals surface area contributed by atoms with Crippen molar-refractivity contribution in [1.82, 2.24) is 5.32 Å². The molecule has 0 spiro atoms. The molecule has 0 saturated heterocycles. The van der Waals surface area contributed by atoms with Crippen LogP contribution in [0.5, 0.6) is 0 Å². The van der Waals surface area contributed by atoms with Crippen LogP contribution in [-0.2, 0) is 11.2 Å². The molecule has 3 N–H and O–H groups in total. The van der Waals surface area contributed by atoms with Crippen LogP contribution >= 0.6 is 12.2 Å². The predicted octanol–water partition coefficient (Wildman–Crippen LogP) is 2.44. The van der Waals surface area contributed by atoms with E-state index in [0.29, 0.717) is 11.8 Å². The minimum absolute atomic E-state index is 0.0407. The van der Waals surface area contributed by atoms with E-state index < -0.39 is 5.92 Å². The smallest absolute Gasteiger partial charge is 0.230 e. The van der Waals surface area contributed by atoms with Crippen molar-refractivity contribution in [1.29, 1.82) is 0 Å². The Morgan fingerprint density at radius 1 is 1.40 bits per heavy atom. The van der Waals surface area contributed by atoms with Gasteiger partial charge in [-0.1, -0.05) is 49.5 Å². The molecular formula is C16H22N2OS. The average molecular weight is 290 g/mol. The molecule has 1 aliphatic carbocycles. The van der Waals surface area contributed by atoms with Crippen LogP contribution in [0.1, 0.15) is 31.7 Å². The summed E-state index contributed by atoms with van der Waals surface area (Å²) in [6.45, 7) is 2.92. The highest BCUT2D eigenvalue weighted by molar-refractivity contribution is 7.80. The lowest BCUT2D eigenvalue weighted by Crippen LogP contribution is -2.41. The van der Waals surface area contributed by atoms with E-state index in [4.69, 9.17) is 18.0 Å². The number of carbonyl (C=O) groups is 1. The summed E-state index contributed by atoms with van der Waals surface area (Å²) in [5, 5.41) is 3.03. The molecule has 0 aromatic heterocycles. The van der Waals surface area contributed by atoms with Crippen LogP contribution in [0.3, 0.4) is 0 Å². The fraction of sp³-hybridized carbons (Fsp3) is 0.500. The Morgan fingerprint density at radius 3 is 2.55 bits per heavy atom. The van der Waals surface area contributed by atoms with Crippen LogP contribution in [-0.4, -0.2) is 17.4 Å². The van der Waals surface area contributed by atoms with E-state index in [1.54, 1.807) is 0 Å². The normalized spacial score (nSPS) is 17.2. The van der Waals surface area contributed by atoms with E-state index in [0.717, 1.165) is 18.5 Å². The monoisotopic (exact) mass is 290 g/mol. The topological polar surface area (TPSA) is 55.1 Å². The first-order valence-corrected chi connectivity index (χ1v) is 7.58. The molecule has 1 atom stereocenters. The summed E-state index contributed by atoms with van der Waals surface area (Å²) in [6.07, 6.45) is 4.10. The number of thiocarbonyl (C=S) groups is 1. The fourth-order valence-corrected chi connectivity index (χ4v) is 2.59. The van der Waals surface area contributed by atoms with Gasteiger partial charge in [-0.2, -0.15) is 0 Å². The zero-order chi connectivity index (χ0) is 14.6. The molecule has 1 saturated carbocycles. The Balaban J connectivity index is 1.94. The maximum absolute atomic E-state index is 12.3. The van der Waals surface area contributed by atoms with E-state index in [9.17, 15) is 4.79 Å². The van der Waals surface area contributed by atoms with Gasteiger partial charge in [0.15, 0.2) is 0 Å². The molecule has 2 rings (SSSR count). The molecular weight excluding hydrogens is 268 g/mol. The van der Waals surface area contributed by atoms with E-state index >= 15 is 0 Å². The fourth-order valence-electron chi connectivity index (χ4n) is 2.40. The van der Waals surface area contributed by atoms with Crippen molar-refractivity contribution in [3.63, 3.8) is 0 Å². The third-order valence-corrected chi connectivity index (χ3v) is 4.57. The number of amides is 1. The van der Waals surface area contributed by atoms with Crippen molar-refractivity contribution in [2.45, 2.75) is 32.6 Å². The number of hydrogen-bond donors (Lipinski definition) is 2. The molecule has 1 unspecified atom stereocenters. The Morgan fingerprint density at radius 2 is 2.05 bits per heavy atom. The van der Waals surface area contributed by atoms with Crippen molar-refractivity contribution < 1.29 is 4.79 Å². The van der Waals surface area contributed by atoms with Crippen LogP contribution in [0.4, 0.5) is 0 Å². The van der Waals surface area contributed by atoms with Crippen molar-refractivity contribution in [2.75, 3.05) is 6.54 Å². The maximum Gasteiger partial charge on any atom is 0.230 e. The molecule has 4 heteroatoms. The molecule has 20 heavy (non-hydrogen) atoms. The molecule has 1 aliphatic rings. The number of carbonyl (C=O) groups excluding carboxylic acids is 1. The zero-order valence-electron chi connectivity index (χ0n) is 11.9. The Kier molecular flexibility index (Phi) is 4.76. The van der Waals surface area contributed by atoms with Crippen LogP contribution in [0, 0.1) is 11.3 Å². The van der Waals surface area contributed by atoms with Gasteiger partial charge in [-0.15, -0.1) is 0 Å². The van der Waals surface area contributed by atoms with Gasteiger partial charge in [0.05, 0.1) is 10.9 Å². The van der Waals surface area contributed by atoms with Crippen molar-refractivity contribution in [3.8, 4) is 0 Å². The van der Waals surface area contributed by atoms with Gasteiger partial charge in [-0.25, -0.2) is 0 Å². The van der Waals surface area contributed by atoms with Gasteiger partial charge < -0.3 is 11.1 Å². The first kappa shape index (κ1) is 15.0. The second-order valence-corrected chi connectivity index (χ2v) is 6.19. The Hall–Kier alpha value is -1.42. The average Bonchev–Trinajstić information content (AvgIpc) is 3.24. The summed E-state index contributed by atoms with van der Waals surface area (Å²) < 4.78 is 0. The van der Waals surface area contributed by atoms with E-state index in [1.165, 1.54) is 12.8 Å². The summed E-state index contributed by atoms with van der Waals surface area (Å²) in [5.41, 5.74) is 7.16. The molecule has 0 aliphatic heterocycles. The number of rotatable bonds is 7. The molecule has 3 nitrogen and oxygen atoms in total. The lowest BCUT2D eigenvalue weighted by Gasteiger charge is -2.18. The van der Waals surface area contributed by atoms with Crippen LogP contribution in [0.2, 0.25) is 0 Å². The number of nitrogens with two attached hydrogens (primary N) is 1. The molecule has 1 aromatic rings. The molecule has 1 fully saturated rings. The van der Waals surface area contributed by atoms with Gasteiger partial charge >= 0.3 is 0 Å². The summed E-state index contributed by atoms with van der Waals surface area (Å²) in [4.78, 5) is 12.6. The lowest BCUT2D eigenvalue weighted by atomic mass is 9.97. The highest BCUT2D eigenvalue weighted by Gasteiger charge is 2.41. The first-order valence-electron chi connectivity index (χ1n) is 7.17. The second-order valence-electron chi connectivity index (χ2n) is 5.72. The standard InChI is InChI=1S/C16H22N2OS/c1-2-16(8-9-16)11-18-15(19)13(14(17)20)10-12-6-4-3-5-7-12/h3-7,13H,2,8-11H2,1H3,(H2,17,20)(H,18,19). The number of hydrogen-bond acceptors (Lipinski definition) is 2. The van der Waals surface area contributed by atoms with Crippen LogP contribution in [0.25, 0.3) is 0 Å². The molecule has 1 aromatic carbocycles. The molecule has 108 valence electrons. The molecule has 0 bridgehead atoms. The second kappa shape index (κ2) is 6.35. The van der Waals surface area contributed by atoms with E-state index in [1.807, 2.05) is 30.3 Å². The molecule has 0 radical (unpaired) electrons. The summed E-state index contributed by atoms with van der Waals surface area (Å²) >= 11 is 5.06. The summed E-state index contributed by atoms with van der Waals surface area (Å²) in [5.74, 6) is -0.457. The van der Waals surface area contributed by atoms with Crippen molar-refractivity contribution in [3.05, 3.63) is 35.9 Å². The third kappa shape index (κ3) is 3.79. The van der Waals surface area contributed by atoms with Crippen LogP contribution < -0.4 is 11.1 Å². The van der Waals surface area contributed by atoms with E-state index in [-0.39, 0.29) is 10.9 Å². The summed E-state index contributed by atoms with van der Waals surface area (Å²) in [7, 11) is 0. The minimum atomic E-state index is -0.417. The lowest BCUT2D eigenvalue weighted by molar-refractivity contribution is -0.123. The van der Waals surface area contributed by atoms with Gasteiger partial charge in [0, 0.05) is 6.54 Å². The molecule has 1 amide bonds. The van der Waals surface area contributed by atoms with Gasteiger partial charge in [0.2, 0.25) is 5.91 Å². The number of nitrogens with one attached hydrogen (secondary N) is 1. The summed E-state index contributed by atoms with van der Waals surface area (Å²) in [6, 6.07) is 9.86. The van der Waals surface area contributed by atoms with Crippen molar-refractivity contribution >= 4 is 23.1 Å². The van der Waals surface area contributed by atoms with Gasteiger partial charge in [-0.3, -0.25) is 4.79 Å². The SMILES string of the molecule is CCC1(CNC(=O)C(Cc2ccccc2)C(N)=S)CC1. The number of benzene rings is 1. The van der Waals surface area contributed by atoms with Gasteiger partial charge in [0.25, 0.3) is 0 Å². The quantitative estimate of drug-likeness (QED) is 0.758. The first-order chi connectivity index (χ1) is 9.56. The zero-order valence-corrected chi connectivity index (χ0v) is 12.7. The minimum Gasteiger partial charge on any atom is -0.393 e. The van der Waals surface area contributed by atoms with Crippen molar-refractivity contribution in [2.24, 2.45) is 17.1 Å². The maximum atomic E-state index is 12.3. The Bertz CT molecular complexity index is 483. The van der Waals surface area contributed by atoms with Gasteiger partial charge in [-0.05, 0) is 36.7 Å². The highest BCUT2D eigenvalue weighted by Crippen LogP contribution is 2.47. The highest BCUT2D eigenvalue weighted by atomic mass is 32.1. The predicted molar refractivity (Wildman–Crippen MR) is 85.4 cm³/mol. The van der Waals surface area contributed by atoms with Crippen LogP contribution in [0.15, 0.2) is 30.3 Å².